The average Bonchev–Trinajstić information content (AvgIpc) is 2.73. The smallest absolute Gasteiger partial charge is 0.321 e. The Morgan fingerprint density at radius 3 is 2.39 bits per heavy atom. The van der Waals surface area contributed by atoms with Crippen LogP contribution in [-0.2, 0) is 25.8 Å². The van der Waals surface area contributed by atoms with Crippen molar-refractivity contribution in [3.8, 4) is 0 Å². The minimum absolute atomic E-state index is 0.0167. The third-order valence-electron chi connectivity index (χ3n) is 4.52. The summed E-state index contributed by atoms with van der Waals surface area (Å²) < 4.78 is 29.5. The molecule has 0 aromatic heterocycles. The maximum Gasteiger partial charge on any atom is 0.321 e. The van der Waals surface area contributed by atoms with Gasteiger partial charge in [-0.25, -0.2) is 8.42 Å². The Labute approximate surface area is 180 Å². The van der Waals surface area contributed by atoms with Crippen LogP contribution >= 0.6 is 0 Å². The van der Waals surface area contributed by atoms with Crippen LogP contribution in [0.25, 0.3) is 0 Å². The number of nitrogens with zero attached hydrogens (tertiary/aromatic N) is 1. The Morgan fingerprint density at radius 2 is 1.81 bits per heavy atom. The first-order valence-electron chi connectivity index (χ1n) is 9.69. The van der Waals surface area contributed by atoms with Crippen LogP contribution < -0.4 is 5.32 Å². The summed E-state index contributed by atoms with van der Waals surface area (Å²) in [5.41, 5.74) is 0.211. The molecule has 2 aromatic rings. The van der Waals surface area contributed by atoms with E-state index in [1.807, 2.05) is 37.3 Å². The number of ether oxygens (including phenoxy) is 1. The van der Waals surface area contributed by atoms with Crippen LogP contribution in [0.2, 0.25) is 0 Å². The highest BCUT2D eigenvalue weighted by Gasteiger charge is 2.30. The first kappa shape index (κ1) is 24.0. The molecule has 0 radical (unpaired) electrons. The van der Waals surface area contributed by atoms with E-state index in [2.05, 4.69) is 10.1 Å². The van der Waals surface area contributed by atoms with E-state index < -0.39 is 43.0 Å². The van der Waals surface area contributed by atoms with Crippen LogP contribution in [0.3, 0.4) is 0 Å². The van der Waals surface area contributed by atoms with Gasteiger partial charge in [0.2, 0.25) is 0 Å². The minimum atomic E-state index is -4.32. The van der Waals surface area contributed by atoms with Crippen LogP contribution in [0, 0.1) is 10.1 Å². The van der Waals surface area contributed by atoms with Gasteiger partial charge in [-0.05, 0) is 37.5 Å². The number of hydrogen-bond donors (Lipinski definition) is 1. The monoisotopic (exact) mass is 448 g/mol. The first-order valence-corrected chi connectivity index (χ1v) is 11.3. The van der Waals surface area contributed by atoms with Crippen molar-refractivity contribution in [2.24, 2.45) is 0 Å². The van der Waals surface area contributed by atoms with Gasteiger partial charge in [-0.3, -0.25) is 19.7 Å². The number of nitro groups is 1. The molecule has 0 aliphatic heterocycles. The number of rotatable bonds is 10. The van der Waals surface area contributed by atoms with Gasteiger partial charge in [-0.1, -0.05) is 37.3 Å². The van der Waals surface area contributed by atoms with Crippen LogP contribution in [0.1, 0.15) is 36.2 Å². The highest BCUT2D eigenvalue weighted by Crippen LogP contribution is 2.26. The van der Waals surface area contributed by atoms with Gasteiger partial charge in [0.25, 0.3) is 11.6 Å². The summed E-state index contributed by atoms with van der Waals surface area (Å²) in [6, 6.07) is 12.4. The molecule has 0 saturated carbocycles. The SMILES string of the molecule is CCOC(=O)CS(=O)(=O)c1ccc(C(=O)N[C@@H](CC)Cc2ccccc2)cc1[N+](=O)[O-]. The van der Waals surface area contributed by atoms with Crippen LogP contribution in [0.15, 0.2) is 53.4 Å². The molecular weight excluding hydrogens is 424 g/mol. The summed E-state index contributed by atoms with van der Waals surface area (Å²) >= 11 is 0. The van der Waals surface area contributed by atoms with Gasteiger partial charge in [-0.2, -0.15) is 0 Å². The number of sulfone groups is 1. The molecule has 0 unspecified atom stereocenters. The maximum absolute atomic E-state index is 12.6. The predicted octanol–water partition coefficient (Wildman–Crippen LogP) is 2.68. The number of nitro benzene ring substituents is 1. The highest BCUT2D eigenvalue weighted by atomic mass is 32.2. The Morgan fingerprint density at radius 1 is 1.13 bits per heavy atom. The van der Waals surface area contributed by atoms with Crippen molar-refractivity contribution in [1.29, 1.82) is 0 Å². The zero-order valence-electron chi connectivity index (χ0n) is 17.2. The second kappa shape index (κ2) is 10.7. The highest BCUT2D eigenvalue weighted by molar-refractivity contribution is 7.92. The lowest BCUT2D eigenvalue weighted by Gasteiger charge is -2.17. The normalized spacial score (nSPS) is 12.1. The second-order valence-electron chi connectivity index (χ2n) is 6.77. The molecule has 0 spiro atoms. The van der Waals surface area contributed by atoms with E-state index in [0.29, 0.717) is 12.8 Å². The van der Waals surface area contributed by atoms with Crippen molar-refractivity contribution in [1.82, 2.24) is 5.32 Å². The largest absolute Gasteiger partial charge is 0.465 e. The first-order chi connectivity index (χ1) is 14.7. The molecular formula is C21H24N2O7S. The van der Waals surface area contributed by atoms with E-state index in [1.54, 1.807) is 0 Å². The average molecular weight is 448 g/mol. The molecule has 0 bridgehead atoms. The number of carbonyl (C=O) groups excluding carboxylic acids is 2. The van der Waals surface area contributed by atoms with Gasteiger partial charge in [0.15, 0.2) is 15.6 Å². The summed E-state index contributed by atoms with van der Waals surface area (Å²) in [7, 11) is -4.32. The Balaban J connectivity index is 2.25. The molecule has 1 atom stereocenters. The molecule has 31 heavy (non-hydrogen) atoms. The van der Waals surface area contributed by atoms with Crippen LogP contribution in [0.5, 0.6) is 0 Å². The van der Waals surface area contributed by atoms with Crippen LogP contribution in [-0.4, -0.2) is 43.6 Å². The van der Waals surface area contributed by atoms with E-state index in [-0.39, 0.29) is 18.2 Å². The lowest BCUT2D eigenvalue weighted by atomic mass is 10.0. The topological polar surface area (TPSA) is 133 Å². The summed E-state index contributed by atoms with van der Waals surface area (Å²) in [6.07, 6.45) is 1.21. The van der Waals surface area contributed by atoms with Crippen molar-refractivity contribution >= 4 is 27.4 Å². The number of carbonyl (C=O) groups is 2. The molecule has 1 amide bonds. The lowest BCUT2D eigenvalue weighted by molar-refractivity contribution is -0.387. The number of amides is 1. The Bertz CT molecular complexity index is 1050. The number of nitrogens with one attached hydrogen (secondary N) is 1. The molecule has 0 saturated heterocycles. The van der Waals surface area contributed by atoms with E-state index in [1.165, 1.54) is 13.0 Å². The van der Waals surface area contributed by atoms with Crippen molar-refractivity contribution in [2.75, 3.05) is 12.4 Å². The summed E-state index contributed by atoms with van der Waals surface area (Å²) in [6.45, 7) is 3.40. The van der Waals surface area contributed by atoms with E-state index in [0.717, 1.165) is 17.7 Å². The Kier molecular flexibility index (Phi) is 8.26. The second-order valence-corrected chi connectivity index (χ2v) is 8.73. The number of benzene rings is 2. The molecule has 10 heteroatoms. The van der Waals surface area contributed by atoms with Gasteiger partial charge in [-0.15, -0.1) is 0 Å². The minimum Gasteiger partial charge on any atom is -0.465 e. The number of hydrogen-bond acceptors (Lipinski definition) is 7. The molecule has 0 heterocycles. The van der Waals surface area contributed by atoms with E-state index in [9.17, 15) is 28.1 Å². The fourth-order valence-corrected chi connectivity index (χ4v) is 4.24. The molecule has 0 fully saturated rings. The van der Waals surface area contributed by atoms with Crippen molar-refractivity contribution in [3.05, 3.63) is 69.8 Å². The summed E-state index contributed by atoms with van der Waals surface area (Å²) in [5, 5.41) is 14.3. The van der Waals surface area contributed by atoms with Gasteiger partial charge in [0.05, 0.1) is 11.5 Å². The molecule has 2 rings (SSSR count). The van der Waals surface area contributed by atoms with Gasteiger partial charge in [0.1, 0.15) is 4.90 Å². The lowest BCUT2D eigenvalue weighted by Crippen LogP contribution is -2.36. The van der Waals surface area contributed by atoms with Crippen LogP contribution in [0.4, 0.5) is 5.69 Å². The Hall–Kier alpha value is -3.27. The van der Waals surface area contributed by atoms with E-state index >= 15 is 0 Å². The zero-order valence-corrected chi connectivity index (χ0v) is 18.1. The summed E-state index contributed by atoms with van der Waals surface area (Å²) in [5.74, 6) is -2.59. The third-order valence-corrected chi connectivity index (χ3v) is 6.15. The molecule has 1 N–H and O–H groups in total. The van der Waals surface area contributed by atoms with Gasteiger partial charge >= 0.3 is 5.97 Å². The standard InChI is InChI=1S/C21H24N2O7S/c1-3-17(12-15-8-6-5-7-9-15)22-21(25)16-10-11-19(18(13-16)23(26)27)31(28,29)14-20(24)30-4-2/h5-11,13,17H,3-4,12,14H2,1-2H3,(H,22,25)/t17-/m0/s1. The van der Waals surface area contributed by atoms with Crippen molar-refractivity contribution in [3.63, 3.8) is 0 Å². The molecule has 2 aromatic carbocycles. The maximum atomic E-state index is 12.6. The fraction of sp³-hybridized carbons (Fsp3) is 0.333. The molecule has 9 nitrogen and oxygen atoms in total. The quantitative estimate of drug-likeness (QED) is 0.336. The summed E-state index contributed by atoms with van der Waals surface area (Å²) in [4.78, 5) is 34.1. The predicted molar refractivity (Wildman–Crippen MR) is 113 cm³/mol. The third kappa shape index (κ3) is 6.61. The van der Waals surface area contributed by atoms with Gasteiger partial charge < -0.3 is 10.1 Å². The van der Waals surface area contributed by atoms with Gasteiger partial charge in [0, 0.05) is 17.7 Å². The number of esters is 1. The fourth-order valence-electron chi connectivity index (χ4n) is 2.96. The molecule has 166 valence electrons. The molecule has 0 aliphatic carbocycles. The molecule has 0 aliphatic rings. The van der Waals surface area contributed by atoms with Crippen molar-refractivity contribution in [2.45, 2.75) is 37.6 Å². The van der Waals surface area contributed by atoms with E-state index in [4.69, 9.17) is 0 Å². The van der Waals surface area contributed by atoms with Crippen molar-refractivity contribution < 1.29 is 27.7 Å². The zero-order chi connectivity index (χ0) is 23.0.